The second-order valence-corrected chi connectivity index (χ2v) is 10.9. The number of pyridine rings is 1. The number of fused-ring (bicyclic) bond motifs is 2. The topological polar surface area (TPSA) is 54.9 Å². The maximum Gasteiger partial charge on any atom is 0.254 e. The summed E-state index contributed by atoms with van der Waals surface area (Å²) >= 11 is 0. The van der Waals surface area contributed by atoms with Gasteiger partial charge in [0.15, 0.2) is 11.5 Å². The predicted octanol–water partition coefficient (Wildman–Crippen LogP) is 6.50. The molecule has 1 atom stereocenters. The van der Waals surface area contributed by atoms with Crippen LogP contribution in [0.15, 0.2) is 72.8 Å². The zero-order valence-corrected chi connectivity index (χ0v) is 22.6. The Morgan fingerprint density at radius 3 is 2.52 bits per heavy atom. The van der Waals surface area contributed by atoms with Crippen LogP contribution in [-0.4, -0.2) is 59.7 Å². The number of nitrogens with zero attached hydrogens (tertiary/aromatic N) is 3. The minimum Gasteiger partial charge on any atom is -0.454 e. The standard InChI is InChI=1S/C34H33N3O3/c38-34(37-18-6-9-28(37)22-36-16-4-5-17-36)30-21-27(13-10-24-7-2-1-3-8-24)35-31-14-11-25(19-29(30)31)26-12-15-32-33(20-26)40-23-39-32/h1-3,7-8,10-15,19-21,28H,4-6,9,16-18,22-23H2/b13-10+/t28-/m0/s1. The lowest BCUT2D eigenvalue weighted by Crippen LogP contribution is -2.42. The fourth-order valence-corrected chi connectivity index (χ4v) is 6.22. The summed E-state index contributed by atoms with van der Waals surface area (Å²) in [6.07, 6.45) is 8.69. The molecule has 0 N–H and O–H groups in total. The van der Waals surface area contributed by atoms with Crippen LogP contribution in [0.2, 0.25) is 0 Å². The molecule has 0 saturated carbocycles. The maximum absolute atomic E-state index is 14.3. The van der Waals surface area contributed by atoms with Crippen LogP contribution in [0.25, 0.3) is 34.2 Å². The van der Waals surface area contributed by atoms with E-state index in [0.29, 0.717) is 5.56 Å². The van der Waals surface area contributed by atoms with Crippen LogP contribution in [0, 0.1) is 0 Å². The van der Waals surface area contributed by atoms with E-state index in [1.165, 1.54) is 12.8 Å². The molecule has 0 spiro atoms. The lowest BCUT2D eigenvalue weighted by molar-refractivity contribution is 0.0710. The van der Waals surface area contributed by atoms with Crippen molar-refractivity contribution < 1.29 is 14.3 Å². The number of rotatable bonds is 6. The van der Waals surface area contributed by atoms with Gasteiger partial charge in [-0.15, -0.1) is 0 Å². The molecule has 3 aliphatic rings. The second-order valence-electron chi connectivity index (χ2n) is 10.9. The number of hydrogen-bond acceptors (Lipinski definition) is 5. The summed E-state index contributed by atoms with van der Waals surface area (Å²) < 4.78 is 11.1. The highest BCUT2D eigenvalue weighted by Crippen LogP contribution is 2.37. The molecule has 6 heteroatoms. The van der Waals surface area contributed by atoms with Crippen molar-refractivity contribution in [1.82, 2.24) is 14.8 Å². The minimum absolute atomic E-state index is 0.103. The monoisotopic (exact) mass is 531 g/mol. The Morgan fingerprint density at radius 1 is 0.850 bits per heavy atom. The van der Waals surface area contributed by atoms with Crippen molar-refractivity contribution in [2.75, 3.05) is 33.0 Å². The van der Waals surface area contributed by atoms with E-state index < -0.39 is 0 Å². The molecule has 0 aliphatic carbocycles. The molecule has 1 amide bonds. The second kappa shape index (κ2) is 10.8. The first kappa shape index (κ1) is 24.9. The van der Waals surface area contributed by atoms with E-state index in [4.69, 9.17) is 14.5 Å². The van der Waals surface area contributed by atoms with Gasteiger partial charge in [-0.1, -0.05) is 48.5 Å². The zero-order chi connectivity index (χ0) is 26.9. The Kier molecular flexibility index (Phi) is 6.70. The molecule has 2 saturated heterocycles. The first-order valence-electron chi connectivity index (χ1n) is 14.3. The van der Waals surface area contributed by atoms with Gasteiger partial charge in [0.1, 0.15) is 0 Å². The molecule has 40 heavy (non-hydrogen) atoms. The van der Waals surface area contributed by atoms with E-state index in [1.807, 2.05) is 54.6 Å². The third-order valence-corrected chi connectivity index (χ3v) is 8.32. The summed E-state index contributed by atoms with van der Waals surface area (Å²) in [4.78, 5) is 23.9. The number of aromatic nitrogens is 1. The zero-order valence-electron chi connectivity index (χ0n) is 22.6. The van der Waals surface area contributed by atoms with Gasteiger partial charge < -0.3 is 19.3 Å². The van der Waals surface area contributed by atoms with Crippen LogP contribution in [-0.2, 0) is 0 Å². The molecule has 3 aromatic carbocycles. The normalized spacial score (nSPS) is 18.8. The molecular weight excluding hydrogens is 498 g/mol. The number of benzene rings is 3. The molecule has 0 radical (unpaired) electrons. The molecule has 6 nitrogen and oxygen atoms in total. The predicted molar refractivity (Wildman–Crippen MR) is 158 cm³/mol. The van der Waals surface area contributed by atoms with Gasteiger partial charge in [0.2, 0.25) is 6.79 Å². The highest BCUT2D eigenvalue weighted by Gasteiger charge is 2.32. The Bertz CT molecular complexity index is 1580. The van der Waals surface area contributed by atoms with Crippen LogP contribution in [0.5, 0.6) is 11.5 Å². The number of amides is 1. The molecule has 7 rings (SSSR count). The van der Waals surface area contributed by atoms with E-state index in [1.54, 1.807) is 0 Å². The van der Waals surface area contributed by atoms with Crippen LogP contribution in [0.1, 0.15) is 47.3 Å². The summed E-state index contributed by atoms with van der Waals surface area (Å²) in [7, 11) is 0. The highest BCUT2D eigenvalue weighted by molar-refractivity contribution is 6.08. The average Bonchev–Trinajstić information content (AvgIpc) is 3.78. The number of ether oxygens (including phenoxy) is 2. The van der Waals surface area contributed by atoms with Crippen molar-refractivity contribution in [2.24, 2.45) is 0 Å². The molecule has 202 valence electrons. The SMILES string of the molecule is O=C(c1cc(/C=C/c2ccccc2)nc2ccc(-c3ccc4c(c3)OCO4)cc12)N1CCC[C@H]1CN1CCCC1. The summed E-state index contributed by atoms with van der Waals surface area (Å²) in [6.45, 7) is 4.30. The Morgan fingerprint density at radius 2 is 1.65 bits per heavy atom. The molecule has 3 aliphatic heterocycles. The largest absolute Gasteiger partial charge is 0.454 e. The quantitative estimate of drug-likeness (QED) is 0.284. The number of likely N-dealkylation sites (tertiary alicyclic amines) is 2. The van der Waals surface area contributed by atoms with Gasteiger partial charge in [0.05, 0.1) is 16.8 Å². The molecule has 0 bridgehead atoms. The molecule has 4 aromatic rings. The number of hydrogen-bond donors (Lipinski definition) is 0. The fraction of sp³-hybridized carbons (Fsp3) is 0.294. The number of carbonyl (C=O) groups is 1. The van der Waals surface area contributed by atoms with E-state index >= 15 is 0 Å². The molecule has 1 aromatic heterocycles. The first-order chi connectivity index (χ1) is 19.7. The maximum atomic E-state index is 14.3. The first-order valence-corrected chi connectivity index (χ1v) is 14.3. The molecular formula is C34H33N3O3. The molecule has 4 heterocycles. The van der Waals surface area contributed by atoms with Gasteiger partial charge in [0, 0.05) is 24.5 Å². The minimum atomic E-state index is 0.103. The van der Waals surface area contributed by atoms with Crippen LogP contribution in [0.4, 0.5) is 0 Å². The molecule has 2 fully saturated rings. The van der Waals surface area contributed by atoms with Gasteiger partial charge in [-0.25, -0.2) is 4.98 Å². The lowest BCUT2D eigenvalue weighted by atomic mass is 9.99. The van der Waals surface area contributed by atoms with Gasteiger partial charge >= 0.3 is 0 Å². The highest BCUT2D eigenvalue weighted by atomic mass is 16.7. The summed E-state index contributed by atoms with van der Waals surface area (Å²) in [6, 6.07) is 24.6. The third kappa shape index (κ3) is 4.95. The van der Waals surface area contributed by atoms with Crippen LogP contribution in [0.3, 0.4) is 0 Å². The van der Waals surface area contributed by atoms with Crippen molar-refractivity contribution in [2.45, 2.75) is 31.7 Å². The van der Waals surface area contributed by atoms with Crippen molar-refractivity contribution in [1.29, 1.82) is 0 Å². The third-order valence-electron chi connectivity index (χ3n) is 8.32. The van der Waals surface area contributed by atoms with E-state index in [-0.39, 0.29) is 18.7 Å². The number of carbonyl (C=O) groups excluding carboxylic acids is 1. The van der Waals surface area contributed by atoms with Gasteiger partial charge in [-0.05, 0) is 91.9 Å². The van der Waals surface area contributed by atoms with E-state index in [0.717, 1.165) is 83.8 Å². The van der Waals surface area contributed by atoms with Gasteiger partial charge in [-0.2, -0.15) is 0 Å². The van der Waals surface area contributed by atoms with E-state index in [9.17, 15) is 4.79 Å². The summed E-state index contributed by atoms with van der Waals surface area (Å²) in [5, 5.41) is 0.879. The Labute approximate surface area is 234 Å². The average molecular weight is 532 g/mol. The summed E-state index contributed by atoms with van der Waals surface area (Å²) in [5.74, 6) is 1.61. The Balaban J connectivity index is 1.28. The van der Waals surface area contributed by atoms with Crippen molar-refractivity contribution in [3.05, 3.63) is 89.6 Å². The molecule has 0 unspecified atom stereocenters. The van der Waals surface area contributed by atoms with Crippen molar-refractivity contribution in [3.63, 3.8) is 0 Å². The van der Waals surface area contributed by atoms with Gasteiger partial charge in [-0.3, -0.25) is 4.79 Å². The van der Waals surface area contributed by atoms with Crippen molar-refractivity contribution >= 4 is 29.0 Å². The van der Waals surface area contributed by atoms with Crippen molar-refractivity contribution in [3.8, 4) is 22.6 Å². The summed E-state index contributed by atoms with van der Waals surface area (Å²) in [5.41, 5.74) is 5.45. The Hall–Kier alpha value is -4.16. The lowest BCUT2D eigenvalue weighted by Gasteiger charge is -2.29. The van der Waals surface area contributed by atoms with Gasteiger partial charge in [0.25, 0.3) is 5.91 Å². The fourth-order valence-electron chi connectivity index (χ4n) is 6.22. The smallest absolute Gasteiger partial charge is 0.254 e. The van der Waals surface area contributed by atoms with E-state index in [2.05, 4.69) is 40.1 Å². The van der Waals surface area contributed by atoms with Crippen LogP contribution < -0.4 is 9.47 Å². The van der Waals surface area contributed by atoms with Crippen LogP contribution >= 0.6 is 0 Å².